The maximum atomic E-state index is 5.89. The van der Waals surface area contributed by atoms with Crippen LogP contribution in [-0.2, 0) is 0 Å². The average Bonchev–Trinajstić information content (AvgIpc) is 2.27. The minimum atomic E-state index is 0.102. The second-order valence-electron chi connectivity index (χ2n) is 2.82. The number of benzene rings is 1. The first-order chi connectivity index (χ1) is 7.66. The first-order valence-corrected chi connectivity index (χ1v) is 6.10. The summed E-state index contributed by atoms with van der Waals surface area (Å²) in [6, 6.07) is 7.54. The molecule has 0 atom stereocenters. The molecule has 16 heavy (non-hydrogen) atoms. The Bertz CT molecular complexity index is 522. The van der Waals surface area contributed by atoms with Gasteiger partial charge in [0, 0.05) is 0 Å². The lowest BCUT2D eigenvalue weighted by atomic mass is 10.3. The van der Waals surface area contributed by atoms with Crippen LogP contribution in [0.2, 0.25) is 10.3 Å². The van der Waals surface area contributed by atoms with Crippen molar-refractivity contribution in [3.8, 4) is 11.6 Å². The van der Waals surface area contributed by atoms with Gasteiger partial charge in [-0.1, -0.05) is 23.7 Å². The summed E-state index contributed by atoms with van der Waals surface area (Å²) in [6.07, 6.45) is 1.40. The van der Waals surface area contributed by atoms with Crippen LogP contribution < -0.4 is 4.74 Å². The highest BCUT2D eigenvalue weighted by Crippen LogP contribution is 2.30. The van der Waals surface area contributed by atoms with Crippen molar-refractivity contribution in [2.24, 2.45) is 0 Å². The van der Waals surface area contributed by atoms with Crippen molar-refractivity contribution in [2.45, 2.75) is 0 Å². The van der Waals surface area contributed by atoms with E-state index in [-0.39, 0.29) is 11.2 Å². The number of hydrogen-bond acceptors (Lipinski definition) is 3. The van der Waals surface area contributed by atoms with E-state index in [9.17, 15) is 0 Å². The fourth-order valence-electron chi connectivity index (χ4n) is 1.03. The first kappa shape index (κ1) is 11.9. The van der Waals surface area contributed by atoms with Crippen molar-refractivity contribution in [3.05, 3.63) is 44.3 Å². The molecule has 0 bridgehead atoms. The molecule has 0 radical (unpaired) electrons. The molecule has 2 aromatic rings. The van der Waals surface area contributed by atoms with Crippen LogP contribution >= 0.6 is 45.8 Å². The molecule has 0 amide bonds. The number of aromatic nitrogens is 2. The van der Waals surface area contributed by atoms with Crippen molar-refractivity contribution < 1.29 is 4.74 Å². The standard InChI is InChI=1S/C10H5Cl2IN2O/c11-6-5-14-10(12)15-9(6)16-8-4-2-1-3-7(8)13/h1-5H. The predicted molar refractivity (Wildman–Crippen MR) is 71.3 cm³/mol. The fourth-order valence-corrected chi connectivity index (χ4v) is 1.79. The quantitative estimate of drug-likeness (QED) is 0.590. The maximum Gasteiger partial charge on any atom is 0.242 e. The zero-order valence-corrected chi connectivity index (χ0v) is 11.5. The summed E-state index contributed by atoms with van der Waals surface area (Å²) in [7, 11) is 0. The van der Waals surface area contributed by atoms with Crippen LogP contribution in [0.25, 0.3) is 0 Å². The number of rotatable bonds is 2. The Morgan fingerprint density at radius 3 is 2.69 bits per heavy atom. The van der Waals surface area contributed by atoms with Gasteiger partial charge in [-0.2, -0.15) is 4.98 Å². The summed E-state index contributed by atoms with van der Waals surface area (Å²) < 4.78 is 6.51. The van der Waals surface area contributed by atoms with Crippen LogP contribution in [0, 0.1) is 3.57 Å². The molecule has 6 heteroatoms. The third-order valence-electron chi connectivity index (χ3n) is 1.73. The summed E-state index contributed by atoms with van der Waals surface area (Å²) in [5.74, 6) is 0.936. The lowest BCUT2D eigenvalue weighted by Gasteiger charge is -2.07. The van der Waals surface area contributed by atoms with Crippen molar-refractivity contribution in [2.75, 3.05) is 0 Å². The van der Waals surface area contributed by atoms with Crippen molar-refractivity contribution in [3.63, 3.8) is 0 Å². The van der Waals surface area contributed by atoms with Crippen molar-refractivity contribution >= 4 is 45.8 Å². The van der Waals surface area contributed by atoms with Crippen LogP contribution in [-0.4, -0.2) is 9.97 Å². The monoisotopic (exact) mass is 366 g/mol. The van der Waals surface area contributed by atoms with Gasteiger partial charge < -0.3 is 4.74 Å². The van der Waals surface area contributed by atoms with Crippen LogP contribution in [0.5, 0.6) is 11.6 Å². The highest BCUT2D eigenvalue weighted by Gasteiger charge is 2.08. The Morgan fingerprint density at radius 1 is 1.19 bits per heavy atom. The van der Waals surface area contributed by atoms with Gasteiger partial charge in [-0.25, -0.2) is 4.98 Å². The zero-order valence-electron chi connectivity index (χ0n) is 7.82. The number of hydrogen-bond donors (Lipinski definition) is 0. The zero-order chi connectivity index (χ0) is 11.5. The van der Waals surface area contributed by atoms with E-state index in [0.29, 0.717) is 10.8 Å². The van der Waals surface area contributed by atoms with Gasteiger partial charge in [0.15, 0.2) is 0 Å². The van der Waals surface area contributed by atoms with E-state index in [1.807, 2.05) is 24.3 Å². The van der Waals surface area contributed by atoms with Crippen molar-refractivity contribution in [1.82, 2.24) is 9.97 Å². The molecule has 1 aromatic carbocycles. The average molecular weight is 367 g/mol. The smallest absolute Gasteiger partial charge is 0.242 e. The summed E-state index contributed by atoms with van der Waals surface area (Å²) in [4.78, 5) is 7.65. The van der Waals surface area contributed by atoms with E-state index >= 15 is 0 Å². The largest absolute Gasteiger partial charge is 0.436 e. The van der Waals surface area contributed by atoms with E-state index in [4.69, 9.17) is 27.9 Å². The minimum Gasteiger partial charge on any atom is -0.436 e. The fraction of sp³-hybridized carbons (Fsp3) is 0. The molecular weight excluding hydrogens is 362 g/mol. The van der Waals surface area contributed by atoms with Crippen LogP contribution in [0.1, 0.15) is 0 Å². The van der Waals surface area contributed by atoms with E-state index < -0.39 is 0 Å². The van der Waals surface area contributed by atoms with Gasteiger partial charge in [0.25, 0.3) is 0 Å². The Kier molecular flexibility index (Phi) is 3.83. The van der Waals surface area contributed by atoms with Gasteiger partial charge in [-0.05, 0) is 46.3 Å². The third-order valence-corrected chi connectivity index (χ3v) is 3.06. The topological polar surface area (TPSA) is 35.0 Å². The maximum absolute atomic E-state index is 5.89. The van der Waals surface area contributed by atoms with Gasteiger partial charge in [0.2, 0.25) is 11.2 Å². The number of ether oxygens (including phenoxy) is 1. The highest BCUT2D eigenvalue weighted by atomic mass is 127. The van der Waals surface area contributed by atoms with Crippen LogP contribution in [0.4, 0.5) is 0 Å². The second kappa shape index (κ2) is 5.16. The third kappa shape index (κ3) is 2.75. The predicted octanol–water partition coefficient (Wildman–Crippen LogP) is 4.18. The van der Waals surface area contributed by atoms with Gasteiger partial charge in [0.1, 0.15) is 10.8 Å². The summed E-state index contributed by atoms with van der Waals surface area (Å²) in [6.45, 7) is 0. The van der Waals surface area contributed by atoms with Gasteiger partial charge in [-0.3, -0.25) is 0 Å². The molecule has 2 rings (SSSR count). The summed E-state index contributed by atoms with van der Waals surface area (Å²) >= 11 is 13.7. The first-order valence-electron chi connectivity index (χ1n) is 4.27. The van der Waals surface area contributed by atoms with E-state index in [0.717, 1.165) is 3.57 Å². The lowest BCUT2D eigenvalue weighted by Crippen LogP contribution is -1.92. The van der Waals surface area contributed by atoms with E-state index in [1.165, 1.54) is 6.20 Å². The van der Waals surface area contributed by atoms with Gasteiger partial charge >= 0.3 is 0 Å². The Balaban J connectivity index is 2.34. The number of para-hydroxylation sites is 1. The van der Waals surface area contributed by atoms with Crippen LogP contribution in [0.3, 0.4) is 0 Å². The highest BCUT2D eigenvalue weighted by molar-refractivity contribution is 14.1. The van der Waals surface area contributed by atoms with E-state index in [2.05, 4.69) is 32.6 Å². The van der Waals surface area contributed by atoms with Crippen molar-refractivity contribution in [1.29, 1.82) is 0 Å². The molecule has 0 fully saturated rings. The molecular formula is C10H5Cl2IN2O. The Labute approximate surface area is 116 Å². The molecule has 1 heterocycles. The molecule has 82 valence electrons. The van der Waals surface area contributed by atoms with Crippen LogP contribution in [0.15, 0.2) is 30.5 Å². The number of nitrogens with zero attached hydrogens (tertiary/aromatic N) is 2. The lowest BCUT2D eigenvalue weighted by molar-refractivity contribution is 0.459. The molecule has 0 spiro atoms. The molecule has 1 aromatic heterocycles. The molecule has 0 aliphatic rings. The van der Waals surface area contributed by atoms with Gasteiger partial charge in [-0.15, -0.1) is 0 Å². The summed E-state index contributed by atoms with van der Waals surface area (Å²) in [5, 5.41) is 0.425. The summed E-state index contributed by atoms with van der Waals surface area (Å²) in [5.41, 5.74) is 0. The van der Waals surface area contributed by atoms with Gasteiger partial charge in [0.05, 0.1) is 9.77 Å². The molecule has 0 N–H and O–H groups in total. The molecule has 3 nitrogen and oxygen atoms in total. The normalized spacial score (nSPS) is 10.2. The second-order valence-corrected chi connectivity index (χ2v) is 4.73. The molecule has 0 saturated carbocycles. The Hall–Kier alpha value is -0.590. The molecule has 0 unspecified atom stereocenters. The minimum absolute atomic E-state index is 0.102. The molecule has 0 saturated heterocycles. The SMILES string of the molecule is Clc1ncc(Cl)c(Oc2ccccc2I)n1. The molecule has 0 aliphatic carbocycles. The molecule has 0 aliphatic heterocycles. The number of halogens is 3. The van der Waals surface area contributed by atoms with E-state index in [1.54, 1.807) is 0 Å². The Morgan fingerprint density at radius 2 is 1.94 bits per heavy atom.